The van der Waals surface area contributed by atoms with Gasteiger partial charge in [-0.05, 0) is 64.0 Å². The average molecular weight is 236 g/mol. The number of hydrogen-bond donors (Lipinski definition) is 1. The first kappa shape index (κ1) is 12.4. The molecule has 1 aromatic rings. The molecule has 0 aliphatic carbocycles. The lowest BCUT2D eigenvalue weighted by Gasteiger charge is -2.42. The van der Waals surface area contributed by atoms with E-state index in [1.807, 2.05) is 12.1 Å². The van der Waals surface area contributed by atoms with Crippen LogP contribution in [0.4, 0.5) is 10.1 Å². The summed E-state index contributed by atoms with van der Waals surface area (Å²) >= 11 is 0. The number of rotatable bonds is 1. The summed E-state index contributed by atoms with van der Waals surface area (Å²) in [5.41, 5.74) is 1.24. The van der Waals surface area contributed by atoms with Crippen LogP contribution >= 0.6 is 0 Å². The van der Waals surface area contributed by atoms with Crippen molar-refractivity contribution in [3.8, 4) is 0 Å². The zero-order valence-electron chi connectivity index (χ0n) is 10.7. The Bertz CT molecular complexity index is 359. The summed E-state index contributed by atoms with van der Waals surface area (Å²) in [7, 11) is 0. The summed E-state index contributed by atoms with van der Waals surface area (Å²) in [6.07, 6.45) is 2.23. The van der Waals surface area contributed by atoms with E-state index in [9.17, 15) is 4.39 Å². The van der Waals surface area contributed by atoms with Crippen LogP contribution in [0.3, 0.4) is 0 Å². The lowest BCUT2D eigenvalue weighted by atomic mass is 9.95. The molecule has 2 nitrogen and oxygen atoms in total. The monoisotopic (exact) mass is 236 g/mol. The van der Waals surface area contributed by atoms with E-state index in [2.05, 4.69) is 24.1 Å². The molecule has 0 radical (unpaired) electrons. The number of nitrogens with zero attached hydrogens (tertiary/aromatic N) is 1. The summed E-state index contributed by atoms with van der Waals surface area (Å²) in [5.74, 6) is -0.166. The van der Waals surface area contributed by atoms with Crippen LogP contribution in [0.15, 0.2) is 24.3 Å². The standard InChI is InChI=1S/C14H21FN2/c1-14(2)8-10-16-9-3-11-17(14)13-6-4-12(15)5-7-13/h4-7,16H,3,8-11H2,1-2H3. The van der Waals surface area contributed by atoms with Gasteiger partial charge in [0.2, 0.25) is 0 Å². The first-order valence-electron chi connectivity index (χ1n) is 6.33. The molecular formula is C14H21FN2. The summed E-state index contributed by atoms with van der Waals surface area (Å²) < 4.78 is 13.0. The highest BCUT2D eigenvalue weighted by molar-refractivity contribution is 5.48. The molecule has 0 atom stereocenters. The zero-order chi connectivity index (χ0) is 12.3. The first-order valence-corrected chi connectivity index (χ1v) is 6.33. The van der Waals surface area contributed by atoms with E-state index < -0.39 is 0 Å². The summed E-state index contributed by atoms with van der Waals surface area (Å²) in [4.78, 5) is 2.40. The van der Waals surface area contributed by atoms with Crippen molar-refractivity contribution in [3.05, 3.63) is 30.1 Å². The van der Waals surface area contributed by atoms with Crippen molar-refractivity contribution in [1.82, 2.24) is 5.32 Å². The molecule has 94 valence electrons. The van der Waals surface area contributed by atoms with E-state index in [4.69, 9.17) is 0 Å². The highest BCUT2D eigenvalue weighted by Crippen LogP contribution is 2.27. The Morgan fingerprint density at radius 2 is 1.88 bits per heavy atom. The molecule has 0 saturated carbocycles. The molecule has 1 saturated heterocycles. The van der Waals surface area contributed by atoms with Crippen LogP contribution in [0.25, 0.3) is 0 Å². The minimum absolute atomic E-state index is 0.116. The van der Waals surface area contributed by atoms with Crippen LogP contribution in [-0.2, 0) is 0 Å². The maximum Gasteiger partial charge on any atom is 0.123 e. The summed E-state index contributed by atoms with van der Waals surface area (Å²) in [6, 6.07) is 6.85. The molecule has 1 N–H and O–H groups in total. The molecule has 1 aliphatic rings. The molecule has 3 heteroatoms. The third kappa shape index (κ3) is 2.97. The Morgan fingerprint density at radius 3 is 2.59 bits per heavy atom. The lowest BCUT2D eigenvalue weighted by molar-refractivity contribution is 0.387. The van der Waals surface area contributed by atoms with Crippen LogP contribution < -0.4 is 10.2 Å². The first-order chi connectivity index (χ1) is 8.09. The van der Waals surface area contributed by atoms with Crippen molar-refractivity contribution in [3.63, 3.8) is 0 Å². The Hall–Kier alpha value is -1.09. The largest absolute Gasteiger partial charge is 0.366 e. The van der Waals surface area contributed by atoms with Crippen LogP contribution in [-0.4, -0.2) is 25.2 Å². The van der Waals surface area contributed by atoms with Crippen LogP contribution in [0.1, 0.15) is 26.7 Å². The number of hydrogen-bond acceptors (Lipinski definition) is 2. The molecule has 0 bridgehead atoms. The van der Waals surface area contributed by atoms with Gasteiger partial charge >= 0.3 is 0 Å². The third-order valence-electron chi connectivity index (χ3n) is 3.52. The molecule has 1 aliphatic heterocycles. The van der Waals surface area contributed by atoms with E-state index >= 15 is 0 Å². The van der Waals surface area contributed by atoms with E-state index in [1.54, 1.807) is 12.1 Å². The Labute approximate surface area is 103 Å². The van der Waals surface area contributed by atoms with E-state index in [-0.39, 0.29) is 11.4 Å². The molecule has 2 rings (SSSR count). The van der Waals surface area contributed by atoms with Gasteiger partial charge in [0.1, 0.15) is 5.82 Å². The normalized spacial score (nSPS) is 20.8. The van der Waals surface area contributed by atoms with Gasteiger partial charge in [0.25, 0.3) is 0 Å². The maximum absolute atomic E-state index is 13.0. The van der Waals surface area contributed by atoms with Gasteiger partial charge in [-0.3, -0.25) is 0 Å². The highest BCUT2D eigenvalue weighted by Gasteiger charge is 2.27. The third-order valence-corrected chi connectivity index (χ3v) is 3.52. The van der Waals surface area contributed by atoms with Crippen molar-refractivity contribution in [2.75, 3.05) is 24.5 Å². The highest BCUT2D eigenvalue weighted by atomic mass is 19.1. The molecule has 1 aromatic carbocycles. The number of anilines is 1. The predicted molar refractivity (Wildman–Crippen MR) is 69.9 cm³/mol. The quantitative estimate of drug-likeness (QED) is 0.806. The molecule has 0 aromatic heterocycles. The number of benzene rings is 1. The van der Waals surface area contributed by atoms with Gasteiger partial charge in [-0.1, -0.05) is 0 Å². The second-order valence-electron chi connectivity index (χ2n) is 5.29. The van der Waals surface area contributed by atoms with Gasteiger partial charge in [0, 0.05) is 17.8 Å². The van der Waals surface area contributed by atoms with Crippen LogP contribution in [0.2, 0.25) is 0 Å². The van der Waals surface area contributed by atoms with Crippen molar-refractivity contribution in [2.24, 2.45) is 0 Å². The minimum Gasteiger partial charge on any atom is -0.366 e. The van der Waals surface area contributed by atoms with E-state index in [1.165, 1.54) is 0 Å². The summed E-state index contributed by atoms with van der Waals surface area (Å²) in [6.45, 7) is 7.64. The fourth-order valence-electron chi connectivity index (χ4n) is 2.42. The van der Waals surface area contributed by atoms with Gasteiger partial charge in [0.05, 0.1) is 0 Å². The van der Waals surface area contributed by atoms with Gasteiger partial charge < -0.3 is 10.2 Å². The van der Waals surface area contributed by atoms with E-state index in [0.717, 1.165) is 38.2 Å². The topological polar surface area (TPSA) is 15.3 Å². The Balaban J connectivity index is 2.22. The number of halogens is 1. The second-order valence-corrected chi connectivity index (χ2v) is 5.29. The zero-order valence-corrected chi connectivity index (χ0v) is 10.7. The molecule has 0 spiro atoms. The van der Waals surface area contributed by atoms with Crippen molar-refractivity contribution in [1.29, 1.82) is 0 Å². The van der Waals surface area contributed by atoms with Gasteiger partial charge in [-0.15, -0.1) is 0 Å². The van der Waals surface area contributed by atoms with Gasteiger partial charge in [-0.2, -0.15) is 0 Å². The Morgan fingerprint density at radius 1 is 1.18 bits per heavy atom. The number of nitrogens with one attached hydrogen (secondary N) is 1. The predicted octanol–water partition coefficient (Wildman–Crippen LogP) is 2.79. The van der Waals surface area contributed by atoms with Crippen molar-refractivity contribution in [2.45, 2.75) is 32.2 Å². The molecule has 1 fully saturated rings. The fraction of sp³-hybridized carbons (Fsp3) is 0.571. The SMILES string of the molecule is CC1(C)CCNCCCN1c1ccc(F)cc1. The molecular weight excluding hydrogens is 215 g/mol. The van der Waals surface area contributed by atoms with Crippen molar-refractivity contribution >= 4 is 5.69 Å². The van der Waals surface area contributed by atoms with Crippen molar-refractivity contribution < 1.29 is 4.39 Å². The minimum atomic E-state index is -0.166. The molecule has 1 heterocycles. The summed E-state index contributed by atoms with van der Waals surface area (Å²) in [5, 5.41) is 3.44. The van der Waals surface area contributed by atoms with Crippen LogP contribution in [0, 0.1) is 5.82 Å². The van der Waals surface area contributed by atoms with Crippen LogP contribution in [0.5, 0.6) is 0 Å². The van der Waals surface area contributed by atoms with Gasteiger partial charge in [0.15, 0.2) is 0 Å². The lowest BCUT2D eigenvalue weighted by Crippen LogP contribution is -2.48. The van der Waals surface area contributed by atoms with E-state index in [0.29, 0.717) is 0 Å². The molecule has 0 amide bonds. The second kappa shape index (κ2) is 5.05. The Kier molecular flexibility index (Phi) is 3.67. The average Bonchev–Trinajstić information content (AvgIpc) is 2.27. The fourth-order valence-corrected chi connectivity index (χ4v) is 2.42. The smallest absolute Gasteiger partial charge is 0.123 e. The van der Waals surface area contributed by atoms with Gasteiger partial charge in [-0.25, -0.2) is 4.39 Å². The molecule has 0 unspecified atom stereocenters. The maximum atomic E-state index is 13.0. The molecule has 17 heavy (non-hydrogen) atoms.